The molecule has 2 N–H and O–H groups in total. The number of hydrogen-bond donors (Lipinski definition) is 2. The first-order valence-electron chi connectivity index (χ1n) is 22.7. The molecular formula is C56H54Cl4N8. The van der Waals surface area contributed by atoms with Gasteiger partial charge in [0, 0.05) is 44.3 Å². The Bertz CT molecular complexity index is 3110. The number of benzene rings is 2. The van der Waals surface area contributed by atoms with Crippen LogP contribution in [0.3, 0.4) is 0 Å². The van der Waals surface area contributed by atoms with Crippen LogP contribution in [-0.2, 0) is 21.7 Å². The molecule has 7 aromatic rings. The zero-order valence-electron chi connectivity index (χ0n) is 40.4. The molecule has 0 aliphatic carbocycles. The van der Waals surface area contributed by atoms with Gasteiger partial charge in [-0.25, -0.2) is 29.9 Å². The molecule has 9 rings (SSSR count). The summed E-state index contributed by atoms with van der Waals surface area (Å²) in [7, 11) is 0. The first-order chi connectivity index (χ1) is 31.9. The summed E-state index contributed by atoms with van der Waals surface area (Å²) in [4.78, 5) is 36.1. The summed E-state index contributed by atoms with van der Waals surface area (Å²) >= 11 is 27.8. The van der Waals surface area contributed by atoms with Gasteiger partial charge in [-0.2, -0.15) is 0 Å². The molecule has 12 heteroatoms. The minimum absolute atomic E-state index is 0.144. The Morgan fingerprint density at radius 2 is 0.588 bits per heavy atom. The highest BCUT2D eigenvalue weighted by Gasteiger charge is 2.27. The predicted molar refractivity (Wildman–Crippen MR) is 287 cm³/mol. The predicted octanol–water partition coefficient (Wildman–Crippen LogP) is 16.7. The monoisotopic (exact) mass is 978 g/mol. The van der Waals surface area contributed by atoms with Crippen molar-refractivity contribution >= 4 is 92.8 Å². The Hall–Kier alpha value is -5.64. The quantitative estimate of drug-likeness (QED) is 0.170. The first kappa shape index (κ1) is 47.4. The lowest BCUT2D eigenvalue weighted by Crippen LogP contribution is -2.16. The summed E-state index contributed by atoms with van der Waals surface area (Å²) in [5, 5.41) is 0.679. The molecule has 2 aromatic carbocycles. The van der Waals surface area contributed by atoms with Crippen LogP contribution in [0.25, 0.3) is 90.9 Å². The summed E-state index contributed by atoms with van der Waals surface area (Å²) in [5.41, 5.74) is 16.0. The fraction of sp³-hybridized carbons (Fsp3) is 0.286. The zero-order chi connectivity index (χ0) is 48.8. The third-order valence-corrected chi connectivity index (χ3v) is 13.8. The highest BCUT2D eigenvalue weighted by Crippen LogP contribution is 2.45. The molecule has 0 unspecified atom stereocenters. The summed E-state index contributed by atoms with van der Waals surface area (Å²) in [6.07, 6.45) is 10.8. The second-order valence-electron chi connectivity index (χ2n) is 21.8. The van der Waals surface area contributed by atoms with Crippen LogP contribution in [0, 0.1) is 0 Å². The molecule has 0 radical (unpaired) electrons. The molecule has 0 atom stereocenters. The standard InChI is InChI=1S/C56H54Cl4N8/c1-53(2,3)31-21-29(22-32(25-31)54(4,5)6)43-35-13-14-36(65-35)44(30-23-33(55(7,8)9)26-34(24-30)56(10,11)12)38-16-18-40(67-38)46(48-51(59)63-28-64-52(48)60)42-20-19-41(68-42)45(39-17-15-37(43)66-39)47-49(57)61-27-62-50(47)58/h13-28,66-67H,1-12H3. The van der Waals surface area contributed by atoms with Crippen LogP contribution in [0.15, 0.2) is 73.3 Å². The lowest BCUT2D eigenvalue weighted by molar-refractivity contribution is 0.568. The third kappa shape index (κ3) is 8.93. The molecule has 5 aromatic heterocycles. The number of nitrogens with one attached hydrogen (secondary N) is 2. The highest BCUT2D eigenvalue weighted by atomic mass is 35.5. The van der Waals surface area contributed by atoms with Crippen LogP contribution >= 0.6 is 46.4 Å². The molecule has 0 saturated carbocycles. The fourth-order valence-corrected chi connectivity index (χ4v) is 9.72. The number of aromatic nitrogens is 8. The van der Waals surface area contributed by atoms with Crippen molar-refractivity contribution in [3.05, 3.63) is 139 Å². The van der Waals surface area contributed by atoms with E-state index in [1.165, 1.54) is 34.9 Å². The van der Waals surface area contributed by atoms with Crippen molar-refractivity contribution in [1.82, 2.24) is 39.9 Å². The Morgan fingerprint density at radius 1 is 0.338 bits per heavy atom. The molecule has 0 fully saturated rings. The summed E-state index contributed by atoms with van der Waals surface area (Å²) in [6, 6.07) is 22.1. The number of fused-ring (bicyclic) bond motifs is 8. The normalized spacial score (nSPS) is 13.2. The van der Waals surface area contributed by atoms with Crippen molar-refractivity contribution in [3.63, 3.8) is 0 Å². The fourth-order valence-electron chi connectivity index (χ4n) is 8.72. The van der Waals surface area contributed by atoms with Crippen LogP contribution in [0.1, 0.15) is 128 Å². The number of aromatic amines is 2. The molecule has 7 heterocycles. The average molecular weight is 981 g/mol. The van der Waals surface area contributed by atoms with Gasteiger partial charge in [-0.05, 0) is 104 Å². The maximum absolute atomic E-state index is 6.96. The van der Waals surface area contributed by atoms with E-state index in [1.54, 1.807) is 0 Å². The smallest absolute Gasteiger partial charge is 0.141 e. The van der Waals surface area contributed by atoms with Crippen LogP contribution in [0.2, 0.25) is 20.6 Å². The van der Waals surface area contributed by atoms with E-state index in [0.29, 0.717) is 44.7 Å². The van der Waals surface area contributed by atoms with Gasteiger partial charge in [0.2, 0.25) is 0 Å². The van der Waals surface area contributed by atoms with Crippen molar-refractivity contribution in [2.45, 2.75) is 105 Å². The third-order valence-electron chi connectivity index (χ3n) is 12.7. The number of hydrogen-bond acceptors (Lipinski definition) is 6. The molecule has 8 nitrogen and oxygen atoms in total. The summed E-state index contributed by atoms with van der Waals surface area (Å²) < 4.78 is 0. The number of nitrogens with zero attached hydrogens (tertiary/aromatic N) is 6. The summed E-state index contributed by atoms with van der Waals surface area (Å²) in [6.45, 7) is 27.1. The van der Waals surface area contributed by atoms with Crippen LogP contribution < -0.4 is 0 Å². The minimum Gasteiger partial charge on any atom is -0.354 e. The van der Waals surface area contributed by atoms with E-state index in [2.05, 4.69) is 174 Å². The molecule has 0 spiro atoms. The Kier molecular flexibility index (Phi) is 11.9. The van der Waals surface area contributed by atoms with Crippen LogP contribution in [-0.4, -0.2) is 39.9 Å². The Balaban J connectivity index is 1.54. The molecule has 2 aliphatic rings. The average Bonchev–Trinajstić information content (AvgIpc) is 4.09. The van der Waals surface area contributed by atoms with Crippen molar-refractivity contribution < 1.29 is 0 Å². The SMILES string of the molecule is CC(C)(C)c1cc(-c2c3nc(c(-c4cc(C(C)(C)C)cc(C(C)(C)C)c4)c4ccc([nH]4)c(-c4c(Cl)ncnc4Cl)c4nc(c(-c5c(Cl)ncnc5Cl)c5ccc2[nH]5)C=C4)C=C3)cc(C(C)(C)C)c1. The van der Waals surface area contributed by atoms with Crippen molar-refractivity contribution in [1.29, 1.82) is 0 Å². The number of H-pyrrole nitrogens is 2. The van der Waals surface area contributed by atoms with Gasteiger partial charge >= 0.3 is 0 Å². The Morgan fingerprint density at radius 3 is 0.853 bits per heavy atom. The largest absolute Gasteiger partial charge is 0.354 e. The van der Waals surface area contributed by atoms with E-state index in [-0.39, 0.29) is 42.3 Å². The van der Waals surface area contributed by atoms with E-state index < -0.39 is 0 Å². The van der Waals surface area contributed by atoms with Crippen molar-refractivity contribution in [2.75, 3.05) is 0 Å². The number of rotatable bonds is 4. The van der Waals surface area contributed by atoms with E-state index >= 15 is 0 Å². The van der Waals surface area contributed by atoms with E-state index in [4.69, 9.17) is 56.4 Å². The molecule has 0 saturated heterocycles. The molecule has 68 heavy (non-hydrogen) atoms. The van der Waals surface area contributed by atoms with Gasteiger partial charge in [-0.3, -0.25) is 0 Å². The van der Waals surface area contributed by atoms with Gasteiger partial charge < -0.3 is 9.97 Å². The second-order valence-corrected chi connectivity index (χ2v) is 23.2. The highest BCUT2D eigenvalue weighted by molar-refractivity contribution is 6.39. The zero-order valence-corrected chi connectivity index (χ0v) is 43.5. The molecular weight excluding hydrogens is 926 g/mol. The van der Waals surface area contributed by atoms with E-state index in [9.17, 15) is 0 Å². The molecule has 0 amide bonds. The summed E-state index contributed by atoms with van der Waals surface area (Å²) in [5.74, 6) is 0. The van der Waals surface area contributed by atoms with Gasteiger partial charge in [0.25, 0.3) is 0 Å². The lowest BCUT2D eigenvalue weighted by atomic mass is 9.78. The Labute approximate surface area is 418 Å². The number of halogens is 4. The van der Waals surface area contributed by atoms with Gasteiger partial charge in [-0.1, -0.05) is 166 Å². The van der Waals surface area contributed by atoms with Gasteiger partial charge in [0.15, 0.2) is 0 Å². The maximum atomic E-state index is 6.96. The second kappa shape index (κ2) is 17.1. The van der Waals surface area contributed by atoms with Crippen molar-refractivity contribution in [2.24, 2.45) is 0 Å². The van der Waals surface area contributed by atoms with Gasteiger partial charge in [-0.15, -0.1) is 0 Å². The van der Waals surface area contributed by atoms with Gasteiger partial charge in [0.05, 0.1) is 33.9 Å². The van der Waals surface area contributed by atoms with Crippen molar-refractivity contribution in [3.8, 4) is 44.5 Å². The molecule has 346 valence electrons. The van der Waals surface area contributed by atoms with E-state index in [1.807, 2.05) is 24.3 Å². The van der Waals surface area contributed by atoms with Crippen LogP contribution in [0.4, 0.5) is 0 Å². The first-order valence-corrected chi connectivity index (χ1v) is 24.2. The van der Waals surface area contributed by atoms with Gasteiger partial charge in [0.1, 0.15) is 33.3 Å². The maximum Gasteiger partial charge on any atom is 0.141 e. The lowest BCUT2D eigenvalue weighted by Gasteiger charge is -2.26. The molecule has 2 aliphatic heterocycles. The molecule has 8 bridgehead atoms. The topological polar surface area (TPSA) is 109 Å². The van der Waals surface area contributed by atoms with E-state index in [0.717, 1.165) is 44.7 Å². The minimum atomic E-state index is -0.144. The van der Waals surface area contributed by atoms with Crippen LogP contribution in [0.5, 0.6) is 0 Å².